The molecule has 1 saturated carbocycles. The third-order valence-corrected chi connectivity index (χ3v) is 4.43. The van der Waals surface area contributed by atoms with Gasteiger partial charge in [0.25, 0.3) is 5.91 Å². The monoisotopic (exact) mass is 361 g/mol. The molecule has 0 heterocycles. The van der Waals surface area contributed by atoms with Crippen molar-refractivity contribution in [2.45, 2.75) is 38.1 Å². The van der Waals surface area contributed by atoms with Crippen LogP contribution in [0.1, 0.15) is 42.5 Å². The fraction of sp³-hybridized carbons (Fsp3) is 0.533. The molecule has 1 aromatic rings. The maximum absolute atomic E-state index is 13.1. The Hall–Kier alpha value is -0.610. The van der Waals surface area contributed by atoms with Crippen molar-refractivity contribution in [3.05, 3.63) is 34.6 Å². The lowest BCUT2D eigenvalue weighted by molar-refractivity contribution is 0.0651. The number of rotatable bonds is 4. The second kappa shape index (κ2) is 7.41. The number of amides is 1. The Kier molecular flexibility index (Phi) is 5.85. The summed E-state index contributed by atoms with van der Waals surface area (Å²) >= 11 is 9.41. The minimum absolute atomic E-state index is 0.0960. The molecule has 1 amide bonds. The summed E-state index contributed by atoms with van der Waals surface area (Å²) in [5, 5.41) is 0.916. The smallest absolute Gasteiger partial charge is 0.255 e. The van der Waals surface area contributed by atoms with E-state index in [0.29, 0.717) is 12.1 Å². The first-order valence-corrected chi connectivity index (χ1v) is 8.45. The Morgan fingerprint density at radius 1 is 1.35 bits per heavy atom. The van der Waals surface area contributed by atoms with Crippen LogP contribution in [-0.2, 0) is 0 Å². The van der Waals surface area contributed by atoms with Gasteiger partial charge in [0, 0.05) is 17.9 Å². The summed E-state index contributed by atoms with van der Waals surface area (Å²) < 4.78 is 13.1. The Bertz CT molecular complexity index is 477. The van der Waals surface area contributed by atoms with Gasteiger partial charge < -0.3 is 4.90 Å². The molecule has 2 nitrogen and oxygen atoms in total. The van der Waals surface area contributed by atoms with E-state index in [2.05, 4.69) is 15.9 Å². The summed E-state index contributed by atoms with van der Waals surface area (Å²) in [6.45, 7) is 0.650. The van der Waals surface area contributed by atoms with E-state index < -0.39 is 5.82 Å². The van der Waals surface area contributed by atoms with Crippen molar-refractivity contribution in [3.8, 4) is 0 Å². The van der Waals surface area contributed by atoms with Gasteiger partial charge in [-0.25, -0.2) is 4.39 Å². The van der Waals surface area contributed by atoms with Crippen LogP contribution in [0.25, 0.3) is 0 Å². The maximum Gasteiger partial charge on any atom is 0.255 e. The molecule has 0 N–H and O–H groups in total. The number of nitrogens with zero attached hydrogens (tertiary/aromatic N) is 1. The van der Waals surface area contributed by atoms with Crippen molar-refractivity contribution in [2.24, 2.45) is 0 Å². The normalized spacial score (nSPS) is 16.1. The first kappa shape index (κ1) is 15.8. The van der Waals surface area contributed by atoms with Crippen LogP contribution in [0.3, 0.4) is 0 Å². The highest BCUT2D eigenvalue weighted by atomic mass is 79.9. The van der Waals surface area contributed by atoms with Crippen LogP contribution in [0.2, 0.25) is 5.02 Å². The quantitative estimate of drug-likeness (QED) is 0.714. The van der Waals surface area contributed by atoms with Gasteiger partial charge in [-0.05, 0) is 31.0 Å². The van der Waals surface area contributed by atoms with Gasteiger partial charge in [0.15, 0.2) is 0 Å². The van der Waals surface area contributed by atoms with E-state index in [1.165, 1.54) is 24.6 Å². The molecule has 0 bridgehead atoms. The highest BCUT2D eigenvalue weighted by Crippen LogP contribution is 2.26. The molecule has 0 unspecified atom stereocenters. The summed E-state index contributed by atoms with van der Waals surface area (Å²) in [6, 6.07) is 4.23. The standard InChI is InChI=1S/C15H18BrClFNO/c16-8-9-19(12-4-2-1-3-5-12)15(20)13-7-6-11(18)10-14(13)17/h6-7,10,12H,1-5,8-9H2. The van der Waals surface area contributed by atoms with E-state index in [-0.39, 0.29) is 17.0 Å². The molecule has 2 rings (SSSR count). The van der Waals surface area contributed by atoms with Crippen molar-refractivity contribution in [3.63, 3.8) is 0 Å². The average molecular weight is 363 g/mol. The predicted octanol–water partition coefficient (Wildman–Crippen LogP) is 4.65. The molecule has 1 aromatic carbocycles. The third kappa shape index (κ3) is 3.73. The Balaban J connectivity index is 2.21. The first-order chi connectivity index (χ1) is 9.63. The molecule has 0 atom stereocenters. The minimum atomic E-state index is -0.420. The summed E-state index contributed by atoms with van der Waals surface area (Å²) in [5.41, 5.74) is 0.389. The van der Waals surface area contributed by atoms with Gasteiger partial charge in [0.1, 0.15) is 5.82 Å². The van der Waals surface area contributed by atoms with Gasteiger partial charge in [-0.15, -0.1) is 0 Å². The second-order valence-electron chi connectivity index (χ2n) is 5.10. The Morgan fingerprint density at radius 3 is 2.65 bits per heavy atom. The lowest BCUT2D eigenvalue weighted by Gasteiger charge is -2.34. The molecule has 0 aromatic heterocycles. The number of alkyl halides is 1. The lowest BCUT2D eigenvalue weighted by atomic mass is 9.93. The zero-order valence-corrected chi connectivity index (χ0v) is 13.6. The predicted molar refractivity (Wildman–Crippen MR) is 83.1 cm³/mol. The number of benzene rings is 1. The third-order valence-electron chi connectivity index (χ3n) is 3.76. The summed E-state index contributed by atoms with van der Waals surface area (Å²) in [4.78, 5) is 14.5. The van der Waals surface area contributed by atoms with Crippen molar-refractivity contribution >= 4 is 33.4 Å². The van der Waals surface area contributed by atoms with E-state index in [9.17, 15) is 9.18 Å². The summed E-state index contributed by atoms with van der Waals surface area (Å²) in [5.74, 6) is -0.516. The van der Waals surface area contributed by atoms with E-state index in [1.807, 2.05) is 4.90 Å². The molecule has 0 aliphatic heterocycles. The largest absolute Gasteiger partial charge is 0.335 e. The summed E-state index contributed by atoms with van der Waals surface area (Å²) in [7, 11) is 0. The molecule has 20 heavy (non-hydrogen) atoms. The van der Waals surface area contributed by atoms with Gasteiger partial charge >= 0.3 is 0 Å². The second-order valence-corrected chi connectivity index (χ2v) is 6.30. The van der Waals surface area contributed by atoms with Crippen LogP contribution in [-0.4, -0.2) is 28.7 Å². The Labute approximate surface area is 132 Å². The molecule has 5 heteroatoms. The van der Waals surface area contributed by atoms with Crippen molar-refractivity contribution in [2.75, 3.05) is 11.9 Å². The van der Waals surface area contributed by atoms with E-state index in [1.54, 1.807) is 0 Å². The molecular formula is C15H18BrClFNO. The van der Waals surface area contributed by atoms with Crippen molar-refractivity contribution in [1.29, 1.82) is 0 Å². The first-order valence-electron chi connectivity index (χ1n) is 6.95. The van der Waals surface area contributed by atoms with E-state index >= 15 is 0 Å². The van der Waals surface area contributed by atoms with Crippen LogP contribution in [0.15, 0.2) is 18.2 Å². The Morgan fingerprint density at radius 2 is 2.05 bits per heavy atom. The van der Waals surface area contributed by atoms with Gasteiger partial charge in [0.05, 0.1) is 10.6 Å². The number of halogens is 3. The van der Waals surface area contributed by atoms with Crippen LogP contribution < -0.4 is 0 Å². The fourth-order valence-electron chi connectivity index (χ4n) is 2.75. The van der Waals surface area contributed by atoms with Gasteiger partial charge in [-0.1, -0.05) is 46.8 Å². The highest BCUT2D eigenvalue weighted by Gasteiger charge is 2.26. The van der Waals surface area contributed by atoms with Crippen LogP contribution in [0, 0.1) is 5.82 Å². The summed E-state index contributed by atoms with van der Waals surface area (Å²) in [6.07, 6.45) is 5.64. The maximum atomic E-state index is 13.1. The molecule has 1 aliphatic rings. The topological polar surface area (TPSA) is 20.3 Å². The molecule has 110 valence electrons. The molecule has 1 fully saturated rings. The number of carbonyl (C=O) groups excluding carboxylic acids is 1. The molecule has 0 spiro atoms. The lowest BCUT2D eigenvalue weighted by Crippen LogP contribution is -2.42. The number of hydrogen-bond acceptors (Lipinski definition) is 1. The number of hydrogen-bond donors (Lipinski definition) is 0. The van der Waals surface area contributed by atoms with Gasteiger partial charge in [-0.3, -0.25) is 4.79 Å². The van der Waals surface area contributed by atoms with Crippen LogP contribution in [0.4, 0.5) is 4.39 Å². The number of carbonyl (C=O) groups is 1. The molecule has 0 radical (unpaired) electrons. The van der Waals surface area contributed by atoms with Crippen molar-refractivity contribution < 1.29 is 9.18 Å². The van der Waals surface area contributed by atoms with Crippen LogP contribution in [0.5, 0.6) is 0 Å². The molecule has 0 saturated heterocycles. The van der Waals surface area contributed by atoms with Crippen molar-refractivity contribution in [1.82, 2.24) is 4.90 Å². The molecular weight excluding hydrogens is 345 g/mol. The highest BCUT2D eigenvalue weighted by molar-refractivity contribution is 9.09. The fourth-order valence-corrected chi connectivity index (χ4v) is 3.38. The van der Waals surface area contributed by atoms with Gasteiger partial charge in [-0.2, -0.15) is 0 Å². The zero-order valence-electron chi connectivity index (χ0n) is 11.2. The van der Waals surface area contributed by atoms with Crippen LogP contribution >= 0.6 is 27.5 Å². The SMILES string of the molecule is O=C(c1ccc(F)cc1Cl)N(CCBr)C1CCCCC1. The van der Waals surface area contributed by atoms with E-state index in [0.717, 1.165) is 31.0 Å². The average Bonchev–Trinajstić information content (AvgIpc) is 2.45. The van der Waals surface area contributed by atoms with E-state index in [4.69, 9.17) is 11.6 Å². The minimum Gasteiger partial charge on any atom is -0.335 e. The van der Waals surface area contributed by atoms with Gasteiger partial charge in [0.2, 0.25) is 0 Å². The zero-order chi connectivity index (χ0) is 14.5. The molecule has 1 aliphatic carbocycles.